The molecule has 0 N–H and O–H groups in total. The molecule has 0 bridgehead atoms. The standard InChI is InChI=1S/C27H35N3O7/c1-27(2,25(31)36-7)37-20-13-11-18(12-14-20)9-8-10-23-28-30(26(32)29(23)3)17-19-15-21(33-4)24(35-6)22(16-19)34-5/h11-16H,8-10,17H2,1-7H3. The molecule has 0 saturated heterocycles. The van der Waals surface area contributed by atoms with E-state index in [9.17, 15) is 9.59 Å². The first-order valence-corrected chi connectivity index (χ1v) is 11.9. The Morgan fingerprint density at radius 1 is 0.919 bits per heavy atom. The Balaban J connectivity index is 1.64. The number of aryl methyl sites for hydroxylation is 2. The highest BCUT2D eigenvalue weighted by molar-refractivity contribution is 5.78. The van der Waals surface area contributed by atoms with E-state index in [2.05, 4.69) is 5.10 Å². The van der Waals surface area contributed by atoms with E-state index in [4.69, 9.17) is 23.7 Å². The minimum atomic E-state index is -1.07. The molecular formula is C27H35N3O7. The number of carbonyl (C=O) groups excluding carboxylic acids is 1. The lowest BCUT2D eigenvalue weighted by molar-refractivity contribution is -0.156. The Morgan fingerprint density at radius 2 is 1.54 bits per heavy atom. The van der Waals surface area contributed by atoms with Crippen LogP contribution in [-0.4, -0.2) is 54.4 Å². The van der Waals surface area contributed by atoms with E-state index in [1.807, 2.05) is 36.4 Å². The van der Waals surface area contributed by atoms with Gasteiger partial charge in [0.15, 0.2) is 17.1 Å². The second-order valence-electron chi connectivity index (χ2n) is 9.05. The highest BCUT2D eigenvalue weighted by atomic mass is 16.6. The van der Waals surface area contributed by atoms with Crippen LogP contribution in [0.5, 0.6) is 23.0 Å². The molecule has 1 heterocycles. The number of carbonyl (C=O) groups is 1. The summed E-state index contributed by atoms with van der Waals surface area (Å²) in [6.45, 7) is 3.60. The summed E-state index contributed by atoms with van der Waals surface area (Å²) in [5, 5.41) is 4.56. The van der Waals surface area contributed by atoms with E-state index in [1.165, 1.54) is 11.8 Å². The first kappa shape index (κ1) is 27.6. The van der Waals surface area contributed by atoms with Crippen molar-refractivity contribution >= 4 is 5.97 Å². The molecule has 0 radical (unpaired) electrons. The molecule has 2 aromatic carbocycles. The largest absolute Gasteiger partial charge is 0.493 e. The summed E-state index contributed by atoms with van der Waals surface area (Å²) in [6.07, 6.45) is 2.25. The number of nitrogens with zero attached hydrogens (tertiary/aromatic N) is 3. The van der Waals surface area contributed by atoms with Gasteiger partial charge in [-0.1, -0.05) is 12.1 Å². The molecule has 0 aliphatic heterocycles. The van der Waals surface area contributed by atoms with Gasteiger partial charge in [0.1, 0.15) is 11.6 Å². The van der Waals surface area contributed by atoms with Crippen LogP contribution in [0.1, 0.15) is 37.2 Å². The van der Waals surface area contributed by atoms with Crippen LogP contribution < -0.4 is 24.6 Å². The molecule has 10 nitrogen and oxygen atoms in total. The maximum atomic E-state index is 12.8. The maximum Gasteiger partial charge on any atom is 0.349 e. The van der Waals surface area contributed by atoms with Gasteiger partial charge in [0.05, 0.1) is 35.0 Å². The monoisotopic (exact) mass is 513 g/mol. The third-order valence-corrected chi connectivity index (χ3v) is 6.03. The molecular weight excluding hydrogens is 478 g/mol. The van der Waals surface area contributed by atoms with Crippen molar-refractivity contribution in [2.45, 2.75) is 45.3 Å². The molecule has 0 aliphatic carbocycles. The number of hydrogen-bond acceptors (Lipinski definition) is 8. The average Bonchev–Trinajstić information content (AvgIpc) is 3.15. The number of methoxy groups -OCH3 is 4. The molecule has 0 atom stereocenters. The Labute approximate surface area is 216 Å². The molecule has 10 heteroatoms. The zero-order valence-electron chi connectivity index (χ0n) is 22.5. The van der Waals surface area contributed by atoms with Gasteiger partial charge < -0.3 is 23.7 Å². The zero-order chi connectivity index (χ0) is 27.2. The fourth-order valence-electron chi connectivity index (χ4n) is 4.01. The number of esters is 1. The van der Waals surface area contributed by atoms with Gasteiger partial charge in [-0.25, -0.2) is 14.3 Å². The summed E-state index contributed by atoms with van der Waals surface area (Å²) in [7, 11) is 7.71. The molecule has 0 fully saturated rings. The molecule has 0 aliphatic rings. The third kappa shape index (κ3) is 6.44. The van der Waals surface area contributed by atoms with Crippen molar-refractivity contribution in [1.29, 1.82) is 0 Å². The van der Waals surface area contributed by atoms with E-state index in [0.29, 0.717) is 35.2 Å². The number of aromatic nitrogens is 3. The molecule has 0 unspecified atom stereocenters. The van der Waals surface area contributed by atoms with Crippen molar-refractivity contribution in [3.05, 3.63) is 63.8 Å². The Hall–Kier alpha value is -3.95. The Morgan fingerprint density at radius 3 is 2.08 bits per heavy atom. The minimum absolute atomic E-state index is 0.196. The van der Waals surface area contributed by atoms with Crippen LogP contribution in [-0.2, 0) is 36.0 Å². The van der Waals surface area contributed by atoms with Crippen molar-refractivity contribution < 1.29 is 28.5 Å². The van der Waals surface area contributed by atoms with Crippen molar-refractivity contribution in [3.63, 3.8) is 0 Å². The number of rotatable bonds is 12. The number of hydrogen-bond donors (Lipinski definition) is 0. The fourth-order valence-corrected chi connectivity index (χ4v) is 4.01. The lowest BCUT2D eigenvalue weighted by Gasteiger charge is -2.23. The lowest BCUT2D eigenvalue weighted by Crippen LogP contribution is -2.39. The molecule has 37 heavy (non-hydrogen) atoms. The van der Waals surface area contributed by atoms with Gasteiger partial charge in [-0.05, 0) is 62.1 Å². The second kappa shape index (κ2) is 11.9. The molecule has 3 rings (SSSR count). The number of ether oxygens (including phenoxy) is 5. The van der Waals surface area contributed by atoms with Gasteiger partial charge in [-0.15, -0.1) is 0 Å². The summed E-state index contributed by atoms with van der Waals surface area (Å²) in [4.78, 5) is 24.6. The van der Waals surface area contributed by atoms with E-state index in [0.717, 1.165) is 24.0 Å². The lowest BCUT2D eigenvalue weighted by atomic mass is 10.1. The van der Waals surface area contributed by atoms with E-state index >= 15 is 0 Å². The van der Waals surface area contributed by atoms with Gasteiger partial charge >= 0.3 is 11.7 Å². The number of benzene rings is 2. The van der Waals surface area contributed by atoms with E-state index in [1.54, 1.807) is 46.8 Å². The first-order valence-electron chi connectivity index (χ1n) is 11.9. The smallest absolute Gasteiger partial charge is 0.349 e. The molecule has 3 aromatic rings. The van der Waals surface area contributed by atoms with Crippen LogP contribution in [0, 0.1) is 0 Å². The predicted octanol–water partition coefficient (Wildman–Crippen LogP) is 3.16. The minimum Gasteiger partial charge on any atom is -0.493 e. The van der Waals surface area contributed by atoms with Crippen molar-refractivity contribution in [2.24, 2.45) is 7.05 Å². The Kier molecular flexibility index (Phi) is 8.86. The maximum absolute atomic E-state index is 12.8. The molecule has 0 amide bonds. The summed E-state index contributed by atoms with van der Waals surface area (Å²) in [6, 6.07) is 11.2. The van der Waals surface area contributed by atoms with Crippen LogP contribution >= 0.6 is 0 Å². The first-order chi connectivity index (χ1) is 17.6. The van der Waals surface area contributed by atoms with Crippen molar-refractivity contribution in [3.8, 4) is 23.0 Å². The third-order valence-electron chi connectivity index (χ3n) is 6.03. The molecule has 0 spiro atoms. The molecule has 200 valence electrons. The van der Waals surface area contributed by atoms with Crippen molar-refractivity contribution in [1.82, 2.24) is 14.3 Å². The van der Waals surface area contributed by atoms with Crippen LogP contribution in [0.4, 0.5) is 0 Å². The quantitative estimate of drug-likeness (QED) is 0.340. The molecule has 0 saturated carbocycles. The highest BCUT2D eigenvalue weighted by Gasteiger charge is 2.31. The topological polar surface area (TPSA) is 103 Å². The van der Waals surface area contributed by atoms with Crippen molar-refractivity contribution in [2.75, 3.05) is 28.4 Å². The predicted molar refractivity (Wildman–Crippen MR) is 138 cm³/mol. The molecule has 1 aromatic heterocycles. The van der Waals surface area contributed by atoms with Gasteiger partial charge in [-0.3, -0.25) is 4.57 Å². The van der Waals surface area contributed by atoms with Gasteiger partial charge in [0.2, 0.25) is 5.75 Å². The van der Waals surface area contributed by atoms with Gasteiger partial charge in [0, 0.05) is 13.5 Å². The normalized spacial score (nSPS) is 11.2. The van der Waals surface area contributed by atoms with Crippen LogP contribution in [0.15, 0.2) is 41.2 Å². The summed E-state index contributed by atoms with van der Waals surface area (Å²) < 4.78 is 29.7. The second-order valence-corrected chi connectivity index (χ2v) is 9.05. The average molecular weight is 514 g/mol. The van der Waals surface area contributed by atoms with Gasteiger partial charge in [0.25, 0.3) is 0 Å². The SMILES string of the molecule is COC(=O)C(C)(C)Oc1ccc(CCCc2nn(Cc3cc(OC)c(OC)c(OC)c3)c(=O)n2C)cc1. The van der Waals surface area contributed by atoms with Crippen LogP contribution in [0.25, 0.3) is 0 Å². The Bertz CT molecular complexity index is 1250. The summed E-state index contributed by atoms with van der Waals surface area (Å²) in [5.74, 6) is 2.39. The van der Waals surface area contributed by atoms with E-state index < -0.39 is 11.6 Å². The highest BCUT2D eigenvalue weighted by Crippen LogP contribution is 2.38. The van der Waals surface area contributed by atoms with E-state index in [-0.39, 0.29) is 12.2 Å². The van der Waals surface area contributed by atoms with Crippen LogP contribution in [0.3, 0.4) is 0 Å². The van der Waals surface area contributed by atoms with Gasteiger partial charge in [-0.2, -0.15) is 5.10 Å². The summed E-state index contributed by atoms with van der Waals surface area (Å²) >= 11 is 0. The summed E-state index contributed by atoms with van der Waals surface area (Å²) in [5.41, 5.74) is 0.657. The zero-order valence-corrected chi connectivity index (χ0v) is 22.5. The fraction of sp³-hybridized carbons (Fsp3) is 0.444. The van der Waals surface area contributed by atoms with Crippen LogP contribution in [0.2, 0.25) is 0 Å².